The van der Waals surface area contributed by atoms with Gasteiger partial charge in [-0.25, -0.2) is 0 Å². The van der Waals surface area contributed by atoms with Crippen LogP contribution in [0.1, 0.15) is 68.7 Å². The van der Waals surface area contributed by atoms with Crippen LogP contribution >= 0.6 is 11.3 Å². The normalized spacial score (nSPS) is 11.8. The van der Waals surface area contributed by atoms with Crippen molar-refractivity contribution >= 4 is 22.4 Å². The van der Waals surface area contributed by atoms with E-state index in [-0.39, 0.29) is 5.91 Å². The molecule has 154 valence electrons. The number of hydrogen-bond acceptors (Lipinski definition) is 7. The van der Waals surface area contributed by atoms with E-state index in [0.717, 1.165) is 17.8 Å². The highest BCUT2D eigenvalue weighted by atomic mass is 32.1. The first kappa shape index (κ1) is 21.9. The van der Waals surface area contributed by atoms with Crippen LogP contribution in [0.2, 0.25) is 0 Å². The van der Waals surface area contributed by atoms with Crippen LogP contribution in [0.4, 0.5) is 5.13 Å². The number of amides is 1. The first-order chi connectivity index (χ1) is 13.5. The van der Waals surface area contributed by atoms with Crippen LogP contribution in [0.5, 0.6) is 17.2 Å². The highest BCUT2D eigenvalue weighted by Gasteiger charge is 2.20. The van der Waals surface area contributed by atoms with E-state index in [1.54, 1.807) is 12.1 Å². The number of hydrogen-bond donors (Lipinski definition) is 1. The van der Waals surface area contributed by atoms with Crippen LogP contribution in [0.15, 0.2) is 12.1 Å². The zero-order valence-corrected chi connectivity index (χ0v) is 18.0. The van der Waals surface area contributed by atoms with Crippen molar-refractivity contribution in [3.63, 3.8) is 0 Å². The lowest BCUT2D eigenvalue weighted by atomic mass is 10.1. The summed E-state index contributed by atoms with van der Waals surface area (Å²) in [5.74, 6) is 1.50. The zero-order valence-electron chi connectivity index (χ0n) is 17.2. The quantitative estimate of drug-likeness (QED) is 0.571. The van der Waals surface area contributed by atoms with Crippen LogP contribution in [0.25, 0.3) is 0 Å². The number of carbonyl (C=O) groups excluding carboxylic acids is 1. The van der Waals surface area contributed by atoms with Crippen LogP contribution in [0.3, 0.4) is 0 Å². The molecule has 1 unspecified atom stereocenters. The molecule has 1 heterocycles. The maximum Gasteiger partial charge on any atom is 0.257 e. The molecule has 0 aliphatic heterocycles. The van der Waals surface area contributed by atoms with Gasteiger partial charge in [-0.15, -0.1) is 10.2 Å². The monoisotopic (exact) mass is 407 g/mol. The van der Waals surface area contributed by atoms with Crippen molar-refractivity contribution < 1.29 is 19.0 Å². The first-order valence-corrected chi connectivity index (χ1v) is 10.6. The van der Waals surface area contributed by atoms with Crippen molar-refractivity contribution in [1.82, 2.24) is 10.2 Å². The number of nitrogens with zero attached hydrogens (tertiary/aromatic N) is 2. The molecule has 1 aromatic carbocycles. The summed E-state index contributed by atoms with van der Waals surface area (Å²) in [7, 11) is 0. The number of benzene rings is 1. The average Bonchev–Trinajstić information content (AvgIpc) is 3.13. The summed E-state index contributed by atoms with van der Waals surface area (Å²) in [6.07, 6.45) is 2.12. The van der Waals surface area contributed by atoms with Crippen LogP contribution in [-0.4, -0.2) is 35.9 Å². The standard InChI is InChI=1S/C20H29N3O4S/c1-6-10-13(5)19-22-23-20(28-19)21-18(24)14-11-15(25-7-2)17(27-9-4)16(12-14)26-8-3/h11-13H,6-10H2,1-5H3,(H,21,23,24). The van der Waals surface area contributed by atoms with Crippen LogP contribution in [-0.2, 0) is 0 Å². The van der Waals surface area contributed by atoms with Crippen molar-refractivity contribution in [2.45, 2.75) is 53.4 Å². The topological polar surface area (TPSA) is 82.6 Å². The van der Waals surface area contributed by atoms with Crippen molar-refractivity contribution in [2.24, 2.45) is 0 Å². The molecule has 0 aliphatic rings. The number of aromatic nitrogens is 2. The summed E-state index contributed by atoms with van der Waals surface area (Å²) < 4.78 is 17.0. The molecule has 0 fully saturated rings. The third-order valence-corrected chi connectivity index (χ3v) is 5.05. The second-order valence-electron chi connectivity index (χ2n) is 6.19. The Hall–Kier alpha value is -2.35. The van der Waals surface area contributed by atoms with Gasteiger partial charge in [0.1, 0.15) is 5.01 Å². The van der Waals surface area contributed by atoms with E-state index in [4.69, 9.17) is 14.2 Å². The summed E-state index contributed by atoms with van der Waals surface area (Å²) in [6, 6.07) is 3.32. The number of ether oxygens (including phenoxy) is 3. The van der Waals surface area contributed by atoms with E-state index >= 15 is 0 Å². The number of rotatable bonds is 11. The molecule has 0 saturated heterocycles. The van der Waals surface area contributed by atoms with Gasteiger partial charge in [0.05, 0.1) is 19.8 Å². The van der Waals surface area contributed by atoms with E-state index in [9.17, 15) is 4.79 Å². The lowest BCUT2D eigenvalue weighted by Gasteiger charge is -2.16. The Bertz CT molecular complexity index is 752. The van der Waals surface area contributed by atoms with Crippen molar-refractivity contribution in [3.8, 4) is 17.2 Å². The molecule has 1 N–H and O–H groups in total. The Kier molecular flexibility index (Phi) is 8.50. The minimum Gasteiger partial charge on any atom is -0.490 e. The van der Waals surface area contributed by atoms with Gasteiger partial charge in [-0.05, 0) is 39.3 Å². The first-order valence-electron chi connectivity index (χ1n) is 9.75. The molecule has 8 heteroatoms. The molecule has 0 saturated carbocycles. The highest BCUT2D eigenvalue weighted by Crippen LogP contribution is 2.39. The minimum atomic E-state index is -0.296. The maximum atomic E-state index is 12.8. The predicted octanol–water partition coefficient (Wildman–Crippen LogP) is 4.89. The number of nitrogens with one attached hydrogen (secondary N) is 1. The summed E-state index contributed by atoms with van der Waals surface area (Å²) in [4.78, 5) is 12.8. The fourth-order valence-corrected chi connectivity index (χ4v) is 3.55. The van der Waals surface area contributed by atoms with E-state index in [2.05, 4.69) is 29.4 Å². The number of carbonyl (C=O) groups is 1. The molecule has 7 nitrogen and oxygen atoms in total. The van der Waals surface area contributed by atoms with Gasteiger partial charge in [0.25, 0.3) is 5.91 Å². The molecular formula is C20H29N3O4S. The molecule has 2 rings (SSSR count). The fourth-order valence-electron chi connectivity index (χ4n) is 2.73. The van der Waals surface area contributed by atoms with Gasteiger partial charge in [-0.3, -0.25) is 10.1 Å². The van der Waals surface area contributed by atoms with Gasteiger partial charge in [0, 0.05) is 11.5 Å². The van der Waals surface area contributed by atoms with Crippen molar-refractivity contribution in [3.05, 3.63) is 22.7 Å². The predicted molar refractivity (Wildman–Crippen MR) is 111 cm³/mol. The second-order valence-corrected chi connectivity index (χ2v) is 7.20. The van der Waals surface area contributed by atoms with E-state index in [0.29, 0.717) is 53.7 Å². The maximum absolute atomic E-state index is 12.8. The molecule has 0 aliphatic carbocycles. The van der Waals surface area contributed by atoms with Crippen LogP contribution in [0, 0.1) is 0 Å². The van der Waals surface area contributed by atoms with E-state index in [1.165, 1.54) is 11.3 Å². The Morgan fingerprint density at radius 1 is 1.04 bits per heavy atom. The summed E-state index contributed by atoms with van der Waals surface area (Å²) in [5, 5.41) is 12.5. The summed E-state index contributed by atoms with van der Waals surface area (Å²) in [5.41, 5.74) is 0.411. The van der Waals surface area contributed by atoms with Gasteiger partial charge in [-0.1, -0.05) is 31.6 Å². The lowest BCUT2D eigenvalue weighted by molar-refractivity contribution is 0.102. The molecule has 28 heavy (non-hydrogen) atoms. The largest absolute Gasteiger partial charge is 0.490 e. The molecule has 1 aromatic heterocycles. The third kappa shape index (κ3) is 5.58. The molecule has 0 radical (unpaired) electrons. The SMILES string of the molecule is CCCC(C)c1nnc(NC(=O)c2cc(OCC)c(OCC)c(OCC)c2)s1. The van der Waals surface area contributed by atoms with Crippen molar-refractivity contribution in [1.29, 1.82) is 0 Å². The van der Waals surface area contributed by atoms with E-state index < -0.39 is 0 Å². The summed E-state index contributed by atoms with van der Waals surface area (Å²) >= 11 is 1.40. The van der Waals surface area contributed by atoms with Gasteiger partial charge in [-0.2, -0.15) is 0 Å². The van der Waals surface area contributed by atoms with Gasteiger partial charge in [0.2, 0.25) is 10.9 Å². The zero-order chi connectivity index (χ0) is 20.5. The Morgan fingerprint density at radius 3 is 2.18 bits per heavy atom. The molecule has 1 atom stereocenters. The molecule has 0 bridgehead atoms. The van der Waals surface area contributed by atoms with Crippen LogP contribution < -0.4 is 19.5 Å². The highest BCUT2D eigenvalue weighted by molar-refractivity contribution is 7.15. The third-order valence-electron chi connectivity index (χ3n) is 3.98. The Morgan fingerprint density at radius 2 is 1.64 bits per heavy atom. The Balaban J connectivity index is 2.26. The minimum absolute atomic E-state index is 0.296. The molecule has 0 spiro atoms. The average molecular weight is 408 g/mol. The lowest BCUT2D eigenvalue weighted by Crippen LogP contribution is -2.13. The molecule has 2 aromatic rings. The Labute approximate surface area is 170 Å². The molecular weight excluding hydrogens is 378 g/mol. The van der Waals surface area contributed by atoms with E-state index in [1.807, 2.05) is 20.8 Å². The fraction of sp³-hybridized carbons (Fsp3) is 0.550. The van der Waals surface area contributed by atoms with Gasteiger partial charge >= 0.3 is 0 Å². The molecule has 1 amide bonds. The second kappa shape index (κ2) is 10.8. The number of anilines is 1. The summed E-state index contributed by atoms with van der Waals surface area (Å²) in [6.45, 7) is 11.3. The van der Waals surface area contributed by atoms with Crippen molar-refractivity contribution in [2.75, 3.05) is 25.1 Å². The van der Waals surface area contributed by atoms with Gasteiger partial charge < -0.3 is 14.2 Å². The smallest absolute Gasteiger partial charge is 0.257 e. The van der Waals surface area contributed by atoms with Gasteiger partial charge in [0.15, 0.2) is 11.5 Å².